The molecular weight excluding hydrogens is 285 g/mol. The maximum Gasteiger partial charge on any atom is 0.316 e. The number of nitrogens with zero attached hydrogens (tertiary/aromatic N) is 3. The fourth-order valence-corrected chi connectivity index (χ4v) is 1.69. The summed E-state index contributed by atoms with van der Waals surface area (Å²) in [4.78, 5) is 9.46. The second kappa shape index (κ2) is 3.26. The number of hydrogen-bond donors (Lipinski definition) is 2. The van der Waals surface area contributed by atoms with Crippen LogP contribution in [0.3, 0.4) is 0 Å². The number of aromatic nitrogens is 2. The molecule has 1 aliphatic heterocycles. The van der Waals surface area contributed by atoms with Gasteiger partial charge >= 0.3 is 6.01 Å². The first-order valence-electron chi connectivity index (χ1n) is 3.82. The van der Waals surface area contributed by atoms with Gasteiger partial charge in [-0.2, -0.15) is 9.97 Å². The molecule has 0 amide bonds. The second-order valence-corrected chi connectivity index (χ2v) is 4.01. The summed E-state index contributed by atoms with van der Waals surface area (Å²) in [5.41, 5.74) is 0. The molecule has 2 N–H and O–H groups in total. The molecule has 1 fully saturated rings. The number of aliphatic hydroxyl groups excluding tert-OH is 1. The van der Waals surface area contributed by atoms with E-state index in [-0.39, 0.29) is 12.1 Å². The van der Waals surface area contributed by atoms with Gasteiger partial charge in [0.25, 0.3) is 0 Å². The minimum absolute atomic E-state index is 0.219. The number of anilines is 1. The van der Waals surface area contributed by atoms with Crippen molar-refractivity contribution in [2.75, 3.05) is 18.0 Å². The van der Waals surface area contributed by atoms with Crippen LogP contribution in [0.25, 0.3) is 0 Å². The van der Waals surface area contributed by atoms with E-state index < -0.39 is 0 Å². The largest absolute Gasteiger partial charge is 0.479 e. The van der Waals surface area contributed by atoms with Crippen LogP contribution in [0.15, 0.2) is 6.07 Å². The molecule has 1 aliphatic rings. The average Bonchev–Trinajstić information content (AvgIpc) is 1.96. The van der Waals surface area contributed by atoms with Crippen molar-refractivity contribution >= 4 is 28.4 Å². The molecule has 13 heavy (non-hydrogen) atoms. The summed E-state index contributed by atoms with van der Waals surface area (Å²) in [5, 5.41) is 18.2. The molecule has 6 heteroatoms. The highest BCUT2D eigenvalue weighted by Gasteiger charge is 2.26. The minimum Gasteiger partial charge on any atom is -0.479 e. The Hall–Kier alpha value is -0.630. The van der Waals surface area contributed by atoms with Crippen LogP contribution in [-0.2, 0) is 0 Å². The molecule has 1 aromatic heterocycles. The van der Waals surface area contributed by atoms with Crippen molar-refractivity contribution in [1.29, 1.82) is 0 Å². The number of β-amino-alcohol motifs (C(OH)–C–C–N with tert-alkyl or cyclic N) is 1. The van der Waals surface area contributed by atoms with E-state index in [4.69, 9.17) is 10.2 Å². The SMILES string of the molecule is Oc1nc(I)cc(N2CC(O)C2)n1. The lowest BCUT2D eigenvalue weighted by molar-refractivity contribution is 0.141. The monoisotopic (exact) mass is 293 g/mol. The smallest absolute Gasteiger partial charge is 0.316 e. The third-order valence-corrected chi connectivity index (χ3v) is 2.41. The lowest BCUT2D eigenvalue weighted by Gasteiger charge is -2.36. The van der Waals surface area contributed by atoms with E-state index in [1.165, 1.54) is 0 Å². The van der Waals surface area contributed by atoms with Crippen molar-refractivity contribution in [1.82, 2.24) is 9.97 Å². The lowest BCUT2D eigenvalue weighted by Crippen LogP contribution is -2.51. The topological polar surface area (TPSA) is 69.5 Å². The second-order valence-electron chi connectivity index (χ2n) is 2.91. The molecule has 0 aliphatic carbocycles. The van der Waals surface area contributed by atoms with Gasteiger partial charge in [-0.1, -0.05) is 0 Å². The quantitative estimate of drug-likeness (QED) is 0.562. The molecule has 0 spiro atoms. The van der Waals surface area contributed by atoms with Crippen LogP contribution in [-0.4, -0.2) is 39.4 Å². The predicted molar refractivity (Wildman–Crippen MR) is 54.6 cm³/mol. The van der Waals surface area contributed by atoms with Gasteiger partial charge in [0.15, 0.2) is 0 Å². The molecule has 0 atom stereocenters. The van der Waals surface area contributed by atoms with Gasteiger partial charge in [-0.15, -0.1) is 0 Å². The zero-order valence-electron chi connectivity index (χ0n) is 6.68. The van der Waals surface area contributed by atoms with Crippen LogP contribution in [0.5, 0.6) is 6.01 Å². The Bertz CT molecular complexity index is 307. The number of aliphatic hydroxyl groups is 1. The zero-order valence-corrected chi connectivity index (χ0v) is 8.84. The molecule has 5 nitrogen and oxygen atoms in total. The number of halogens is 1. The molecule has 0 radical (unpaired) electrons. The van der Waals surface area contributed by atoms with Crippen LogP contribution in [0.2, 0.25) is 0 Å². The molecular formula is C7H8IN3O2. The summed E-state index contributed by atoms with van der Waals surface area (Å²) >= 11 is 2.01. The molecule has 2 heterocycles. The standard InChI is InChI=1S/C7H8IN3O2/c8-5-1-6(10-7(13)9-5)11-2-4(12)3-11/h1,4,12H,2-3H2,(H,9,10,13). The molecule has 70 valence electrons. The van der Waals surface area contributed by atoms with Crippen molar-refractivity contribution in [3.63, 3.8) is 0 Å². The van der Waals surface area contributed by atoms with Gasteiger partial charge < -0.3 is 15.1 Å². The Morgan fingerprint density at radius 2 is 2.15 bits per heavy atom. The van der Waals surface area contributed by atoms with E-state index >= 15 is 0 Å². The fourth-order valence-electron chi connectivity index (χ4n) is 1.20. The molecule has 0 bridgehead atoms. The maximum absolute atomic E-state index is 9.11. The van der Waals surface area contributed by atoms with Crippen LogP contribution >= 0.6 is 22.6 Å². The van der Waals surface area contributed by atoms with Crippen LogP contribution in [0.4, 0.5) is 5.82 Å². The van der Waals surface area contributed by atoms with Crippen LogP contribution in [0.1, 0.15) is 0 Å². The summed E-state index contributed by atoms with van der Waals surface area (Å²) in [6.45, 7) is 1.15. The molecule has 2 rings (SSSR count). The Balaban J connectivity index is 2.21. The third kappa shape index (κ3) is 1.83. The van der Waals surface area contributed by atoms with E-state index in [1.54, 1.807) is 6.07 Å². The van der Waals surface area contributed by atoms with Crippen LogP contribution < -0.4 is 4.90 Å². The molecule has 0 unspecified atom stereocenters. The van der Waals surface area contributed by atoms with Gasteiger partial charge in [0.2, 0.25) is 0 Å². The van der Waals surface area contributed by atoms with Crippen molar-refractivity contribution in [3.8, 4) is 6.01 Å². The highest BCUT2D eigenvalue weighted by atomic mass is 127. The van der Waals surface area contributed by atoms with Gasteiger partial charge in [0, 0.05) is 19.2 Å². The average molecular weight is 293 g/mol. The van der Waals surface area contributed by atoms with E-state index in [0.29, 0.717) is 22.6 Å². The Labute approximate surface area is 88.6 Å². The first-order chi connectivity index (χ1) is 6.15. The van der Waals surface area contributed by atoms with Crippen molar-refractivity contribution in [2.24, 2.45) is 0 Å². The highest BCUT2D eigenvalue weighted by molar-refractivity contribution is 14.1. The van der Waals surface area contributed by atoms with Gasteiger partial charge in [-0.05, 0) is 22.6 Å². The number of rotatable bonds is 1. The van der Waals surface area contributed by atoms with Gasteiger partial charge in [0.05, 0.1) is 6.10 Å². The normalized spacial score (nSPS) is 17.2. The van der Waals surface area contributed by atoms with E-state index in [0.717, 1.165) is 0 Å². The maximum atomic E-state index is 9.11. The highest BCUT2D eigenvalue weighted by Crippen LogP contribution is 2.21. The summed E-state index contributed by atoms with van der Waals surface area (Å²) in [7, 11) is 0. The predicted octanol–water partition coefficient (Wildman–Crippen LogP) is -0.0323. The summed E-state index contributed by atoms with van der Waals surface area (Å²) < 4.78 is 0.696. The van der Waals surface area contributed by atoms with Gasteiger partial charge in [-0.25, -0.2) is 0 Å². The van der Waals surface area contributed by atoms with Gasteiger partial charge in [0.1, 0.15) is 9.52 Å². The third-order valence-electron chi connectivity index (χ3n) is 1.86. The Kier molecular flexibility index (Phi) is 2.24. The summed E-state index contributed by atoms with van der Waals surface area (Å²) in [6.07, 6.45) is -0.269. The molecule has 0 aromatic carbocycles. The van der Waals surface area contributed by atoms with Crippen molar-refractivity contribution in [3.05, 3.63) is 9.77 Å². The van der Waals surface area contributed by atoms with Crippen molar-refractivity contribution in [2.45, 2.75) is 6.10 Å². The fraction of sp³-hybridized carbons (Fsp3) is 0.429. The van der Waals surface area contributed by atoms with Crippen molar-refractivity contribution < 1.29 is 10.2 Å². The van der Waals surface area contributed by atoms with E-state index in [1.807, 2.05) is 27.5 Å². The zero-order chi connectivity index (χ0) is 9.42. The molecule has 1 saturated heterocycles. The Morgan fingerprint density at radius 3 is 2.69 bits per heavy atom. The summed E-state index contributed by atoms with van der Waals surface area (Å²) in [5.74, 6) is 0.669. The number of hydrogen-bond acceptors (Lipinski definition) is 5. The van der Waals surface area contributed by atoms with E-state index in [2.05, 4.69) is 9.97 Å². The Morgan fingerprint density at radius 1 is 1.46 bits per heavy atom. The van der Waals surface area contributed by atoms with E-state index in [9.17, 15) is 0 Å². The first kappa shape index (κ1) is 8.95. The summed E-state index contributed by atoms with van der Waals surface area (Å²) in [6, 6.07) is 1.55. The number of aromatic hydroxyl groups is 1. The van der Waals surface area contributed by atoms with Gasteiger partial charge in [-0.3, -0.25) is 0 Å². The first-order valence-corrected chi connectivity index (χ1v) is 4.89. The molecule has 1 aromatic rings. The molecule has 0 saturated carbocycles. The minimum atomic E-state index is -0.269. The van der Waals surface area contributed by atoms with Crippen LogP contribution in [0, 0.1) is 3.70 Å². The lowest BCUT2D eigenvalue weighted by atomic mass is 10.2.